The zero-order valence-corrected chi connectivity index (χ0v) is 23.5. The van der Waals surface area contributed by atoms with Gasteiger partial charge in [0.1, 0.15) is 11.3 Å². The number of hydrogen-bond donors (Lipinski definition) is 0. The summed E-state index contributed by atoms with van der Waals surface area (Å²) in [6.07, 6.45) is -0.358. The molecule has 1 aliphatic rings. The average molecular weight is 547 g/mol. The number of carbonyl (C=O) groups excluding carboxylic acids is 1. The largest absolute Gasteiger partial charge is 0.492 e. The number of aromatic nitrogens is 1. The third-order valence-electron chi connectivity index (χ3n) is 6.04. The van der Waals surface area contributed by atoms with Crippen molar-refractivity contribution in [1.82, 2.24) is 14.2 Å². The lowest BCUT2D eigenvalue weighted by molar-refractivity contribution is -0.0440. The number of amides is 1. The summed E-state index contributed by atoms with van der Waals surface area (Å²) in [7, 11) is 0.197. The first-order valence-corrected chi connectivity index (χ1v) is 14.6. The van der Waals surface area contributed by atoms with Crippen molar-refractivity contribution in [3.05, 3.63) is 48.0 Å². The summed E-state index contributed by atoms with van der Waals surface area (Å²) in [6.45, 7) is 7.83. The van der Waals surface area contributed by atoms with E-state index in [1.54, 1.807) is 17.0 Å². The standard InChI is InChI=1S/C26H34N4O5S2/c1-6-34-22-8-7-9-23-24(22)27-26(36-23)30(15-14-28(4)5)25(31)20-10-12-21(13-11-20)37(32,33)29-16-18(2)35-19(3)17-29/h7-13,18-19H,6,14-17H2,1-5H3. The number of thiazole rings is 1. The Kier molecular flexibility index (Phi) is 8.49. The fourth-order valence-corrected chi connectivity index (χ4v) is 6.88. The van der Waals surface area contributed by atoms with Gasteiger partial charge >= 0.3 is 0 Å². The van der Waals surface area contributed by atoms with E-state index < -0.39 is 10.0 Å². The van der Waals surface area contributed by atoms with Gasteiger partial charge in [-0.05, 0) is 71.3 Å². The Morgan fingerprint density at radius 2 is 1.78 bits per heavy atom. The van der Waals surface area contributed by atoms with Gasteiger partial charge in [0, 0.05) is 31.7 Å². The molecule has 1 aromatic heterocycles. The van der Waals surface area contributed by atoms with Gasteiger partial charge in [-0.25, -0.2) is 13.4 Å². The van der Waals surface area contributed by atoms with Gasteiger partial charge in [0.05, 0.1) is 28.4 Å². The number of rotatable bonds is 9. The van der Waals surface area contributed by atoms with E-state index in [1.807, 2.05) is 58.0 Å². The fraction of sp³-hybridized carbons (Fsp3) is 0.462. The number of fused-ring (bicyclic) bond motifs is 1. The van der Waals surface area contributed by atoms with E-state index in [0.29, 0.717) is 49.2 Å². The number of hydrogen-bond acceptors (Lipinski definition) is 8. The van der Waals surface area contributed by atoms with Crippen molar-refractivity contribution in [3.63, 3.8) is 0 Å². The Morgan fingerprint density at radius 3 is 2.41 bits per heavy atom. The van der Waals surface area contributed by atoms with Gasteiger partial charge < -0.3 is 14.4 Å². The summed E-state index contributed by atoms with van der Waals surface area (Å²) in [5, 5.41) is 0.571. The van der Waals surface area contributed by atoms with E-state index >= 15 is 0 Å². The van der Waals surface area contributed by atoms with E-state index in [-0.39, 0.29) is 23.0 Å². The predicted octanol–water partition coefficient (Wildman–Crippen LogP) is 3.70. The van der Waals surface area contributed by atoms with E-state index in [2.05, 4.69) is 0 Å². The molecule has 0 spiro atoms. The summed E-state index contributed by atoms with van der Waals surface area (Å²) < 4.78 is 40.2. The maximum Gasteiger partial charge on any atom is 0.260 e. The number of anilines is 1. The van der Waals surface area contributed by atoms with E-state index in [9.17, 15) is 13.2 Å². The molecular formula is C26H34N4O5S2. The Morgan fingerprint density at radius 1 is 1.11 bits per heavy atom. The minimum absolute atomic E-state index is 0.159. The Balaban J connectivity index is 1.62. The van der Waals surface area contributed by atoms with Crippen molar-refractivity contribution in [2.45, 2.75) is 37.9 Å². The fourth-order valence-electron chi connectivity index (χ4n) is 4.28. The van der Waals surface area contributed by atoms with E-state index in [4.69, 9.17) is 14.5 Å². The van der Waals surface area contributed by atoms with Gasteiger partial charge in [0.25, 0.3) is 5.91 Å². The van der Waals surface area contributed by atoms with Crippen LogP contribution in [0.25, 0.3) is 10.2 Å². The molecule has 4 rings (SSSR count). The number of morpholine rings is 1. The minimum Gasteiger partial charge on any atom is -0.492 e. The van der Waals surface area contributed by atoms with Crippen LogP contribution in [-0.2, 0) is 14.8 Å². The minimum atomic E-state index is -3.69. The lowest BCUT2D eigenvalue weighted by atomic mass is 10.2. The van der Waals surface area contributed by atoms with Gasteiger partial charge in [-0.2, -0.15) is 4.31 Å². The second kappa shape index (κ2) is 11.4. The molecule has 11 heteroatoms. The van der Waals surface area contributed by atoms with Gasteiger partial charge in [0.2, 0.25) is 10.0 Å². The summed E-state index contributed by atoms with van der Waals surface area (Å²) >= 11 is 1.43. The molecule has 1 fully saturated rings. The topological polar surface area (TPSA) is 92.3 Å². The molecule has 1 aliphatic heterocycles. The molecule has 0 bridgehead atoms. The Hall–Kier alpha value is -2.57. The van der Waals surface area contributed by atoms with Gasteiger partial charge in [-0.3, -0.25) is 9.69 Å². The highest BCUT2D eigenvalue weighted by Gasteiger charge is 2.32. The highest BCUT2D eigenvalue weighted by molar-refractivity contribution is 7.89. The smallest absolute Gasteiger partial charge is 0.260 e. The molecule has 0 radical (unpaired) electrons. The Labute approximate surface area is 222 Å². The number of likely N-dealkylation sites (N-methyl/N-ethyl adjacent to an activating group) is 1. The van der Waals surface area contributed by atoms with Crippen molar-refractivity contribution < 1.29 is 22.7 Å². The van der Waals surface area contributed by atoms with Crippen LogP contribution >= 0.6 is 11.3 Å². The predicted molar refractivity (Wildman–Crippen MR) is 146 cm³/mol. The molecule has 2 unspecified atom stereocenters. The molecule has 2 atom stereocenters. The van der Waals surface area contributed by atoms with Crippen LogP contribution in [0.15, 0.2) is 47.4 Å². The summed E-state index contributed by atoms with van der Waals surface area (Å²) in [4.78, 5) is 22.2. The third-order valence-corrected chi connectivity index (χ3v) is 8.93. The van der Waals surface area contributed by atoms with Crippen LogP contribution in [0.4, 0.5) is 5.13 Å². The average Bonchev–Trinajstić information content (AvgIpc) is 3.28. The second-order valence-electron chi connectivity index (χ2n) is 9.40. The van der Waals surface area contributed by atoms with Crippen molar-refractivity contribution in [2.24, 2.45) is 0 Å². The number of para-hydroxylation sites is 1. The molecule has 9 nitrogen and oxygen atoms in total. The molecule has 37 heavy (non-hydrogen) atoms. The van der Waals surface area contributed by atoms with Gasteiger partial charge in [-0.1, -0.05) is 17.4 Å². The summed E-state index contributed by atoms with van der Waals surface area (Å²) in [6, 6.07) is 11.9. The van der Waals surface area contributed by atoms with Gasteiger partial charge in [-0.15, -0.1) is 0 Å². The summed E-state index contributed by atoms with van der Waals surface area (Å²) in [5.74, 6) is 0.445. The molecule has 1 saturated heterocycles. The van der Waals surface area contributed by atoms with Crippen LogP contribution in [0.5, 0.6) is 5.75 Å². The number of benzene rings is 2. The number of carbonyl (C=O) groups is 1. The Bertz CT molecular complexity index is 1330. The maximum atomic E-state index is 13.7. The first-order chi connectivity index (χ1) is 17.6. The SMILES string of the molecule is CCOc1cccc2sc(N(CCN(C)C)C(=O)c3ccc(S(=O)(=O)N4CC(C)OC(C)C4)cc3)nc12. The van der Waals surface area contributed by atoms with Crippen molar-refractivity contribution in [3.8, 4) is 5.75 Å². The second-order valence-corrected chi connectivity index (χ2v) is 12.3. The first-order valence-electron chi connectivity index (χ1n) is 12.3. The number of sulfonamides is 1. The summed E-state index contributed by atoms with van der Waals surface area (Å²) in [5.41, 5.74) is 1.12. The highest BCUT2D eigenvalue weighted by atomic mass is 32.2. The molecule has 0 aliphatic carbocycles. The van der Waals surface area contributed by atoms with E-state index in [0.717, 1.165) is 10.2 Å². The van der Waals surface area contributed by atoms with Crippen molar-refractivity contribution in [2.75, 3.05) is 51.8 Å². The highest BCUT2D eigenvalue weighted by Crippen LogP contribution is 2.35. The first kappa shape index (κ1) is 27.5. The molecule has 3 aromatic rings. The molecule has 2 heterocycles. The van der Waals surface area contributed by atoms with Crippen molar-refractivity contribution in [1.29, 1.82) is 0 Å². The molecule has 1 amide bonds. The molecular weight excluding hydrogens is 512 g/mol. The lowest BCUT2D eigenvalue weighted by Gasteiger charge is -2.34. The molecule has 200 valence electrons. The molecule has 2 aromatic carbocycles. The lowest BCUT2D eigenvalue weighted by Crippen LogP contribution is -2.48. The zero-order chi connectivity index (χ0) is 26.7. The van der Waals surface area contributed by atoms with Crippen LogP contribution in [0, 0.1) is 0 Å². The van der Waals surface area contributed by atoms with Gasteiger partial charge in [0.15, 0.2) is 5.13 Å². The monoisotopic (exact) mass is 546 g/mol. The normalized spacial score (nSPS) is 18.9. The quantitative estimate of drug-likeness (QED) is 0.404. The molecule has 0 N–H and O–H groups in total. The molecule has 0 saturated carbocycles. The number of nitrogens with zero attached hydrogens (tertiary/aromatic N) is 4. The van der Waals surface area contributed by atoms with Crippen LogP contribution < -0.4 is 9.64 Å². The van der Waals surface area contributed by atoms with Crippen LogP contribution in [-0.4, -0.2) is 87.6 Å². The van der Waals surface area contributed by atoms with Crippen LogP contribution in [0.3, 0.4) is 0 Å². The van der Waals surface area contributed by atoms with E-state index in [1.165, 1.54) is 27.8 Å². The van der Waals surface area contributed by atoms with Crippen LogP contribution in [0.1, 0.15) is 31.1 Å². The van der Waals surface area contributed by atoms with Crippen molar-refractivity contribution >= 4 is 42.6 Å². The van der Waals surface area contributed by atoms with Crippen LogP contribution in [0.2, 0.25) is 0 Å². The number of ether oxygens (including phenoxy) is 2. The maximum absolute atomic E-state index is 13.7. The zero-order valence-electron chi connectivity index (χ0n) is 21.9. The third kappa shape index (κ3) is 6.12.